The summed E-state index contributed by atoms with van der Waals surface area (Å²) in [5, 5.41) is 3.69. The molecule has 0 amide bonds. The Morgan fingerprint density at radius 3 is 2.08 bits per heavy atom. The lowest BCUT2D eigenvalue weighted by Crippen LogP contribution is -2.57. The van der Waals surface area contributed by atoms with Crippen molar-refractivity contribution in [3.05, 3.63) is 0 Å². The summed E-state index contributed by atoms with van der Waals surface area (Å²) >= 11 is 0. The number of hydrogen-bond acceptors (Lipinski definition) is 2. The molecule has 0 aromatic carbocycles. The Hall–Kier alpha value is 0.500. The summed E-state index contributed by atoms with van der Waals surface area (Å²) in [4.78, 5) is 0. The molecule has 4 heteroatoms. The van der Waals surface area contributed by atoms with Crippen LogP contribution in [0.1, 0.15) is 39.5 Å². The first-order valence-electron chi connectivity index (χ1n) is 4.56. The van der Waals surface area contributed by atoms with Gasteiger partial charge in [0.15, 0.2) is 0 Å². The van der Waals surface area contributed by atoms with Crippen molar-refractivity contribution in [3.63, 3.8) is 0 Å². The molecule has 1 unspecified atom stereocenters. The van der Waals surface area contributed by atoms with Gasteiger partial charge in [0.1, 0.15) is 0 Å². The minimum absolute atomic E-state index is 0. The SMILES string of the molecule is CC1(C)CC(N)CC2(CC2)N1.Cl.Cl. The van der Waals surface area contributed by atoms with Crippen LogP contribution in [0.3, 0.4) is 0 Å². The van der Waals surface area contributed by atoms with E-state index in [1.807, 2.05) is 0 Å². The molecule has 13 heavy (non-hydrogen) atoms. The molecule has 2 fully saturated rings. The van der Waals surface area contributed by atoms with Crippen LogP contribution in [-0.4, -0.2) is 17.1 Å². The second kappa shape index (κ2) is 3.93. The minimum atomic E-state index is 0. The molecular formula is C9H20Cl2N2. The fourth-order valence-electron chi connectivity index (χ4n) is 2.53. The number of halogens is 2. The zero-order valence-electron chi connectivity index (χ0n) is 8.30. The second-order valence-corrected chi connectivity index (χ2v) is 4.96. The Morgan fingerprint density at radius 1 is 1.15 bits per heavy atom. The quantitative estimate of drug-likeness (QED) is 0.662. The molecule has 1 saturated heterocycles. The van der Waals surface area contributed by atoms with E-state index < -0.39 is 0 Å². The van der Waals surface area contributed by atoms with Crippen molar-refractivity contribution in [3.8, 4) is 0 Å². The van der Waals surface area contributed by atoms with Crippen LogP contribution in [0, 0.1) is 0 Å². The summed E-state index contributed by atoms with van der Waals surface area (Å²) in [5.41, 5.74) is 6.72. The van der Waals surface area contributed by atoms with Crippen LogP contribution in [-0.2, 0) is 0 Å². The highest BCUT2D eigenvalue weighted by Gasteiger charge is 2.50. The standard InChI is InChI=1S/C9H18N2.2ClH/c1-8(2)5-7(10)6-9(11-8)3-4-9;;/h7,11H,3-6,10H2,1-2H3;2*1H. The number of rotatable bonds is 0. The molecule has 1 aliphatic carbocycles. The van der Waals surface area contributed by atoms with Gasteiger partial charge in [-0.05, 0) is 39.5 Å². The number of nitrogens with one attached hydrogen (secondary N) is 1. The van der Waals surface area contributed by atoms with Gasteiger partial charge in [0.25, 0.3) is 0 Å². The summed E-state index contributed by atoms with van der Waals surface area (Å²) in [6.07, 6.45) is 4.99. The average Bonchev–Trinajstić information content (AvgIpc) is 2.41. The lowest BCUT2D eigenvalue weighted by molar-refractivity contribution is 0.207. The van der Waals surface area contributed by atoms with E-state index in [4.69, 9.17) is 5.73 Å². The van der Waals surface area contributed by atoms with E-state index in [0.717, 1.165) is 6.42 Å². The molecule has 0 aromatic rings. The number of hydrogen-bond donors (Lipinski definition) is 2. The zero-order valence-corrected chi connectivity index (χ0v) is 9.93. The molecule has 0 radical (unpaired) electrons. The molecule has 1 aliphatic heterocycles. The van der Waals surface area contributed by atoms with Crippen molar-refractivity contribution in [2.24, 2.45) is 5.73 Å². The van der Waals surface area contributed by atoms with E-state index in [9.17, 15) is 0 Å². The van der Waals surface area contributed by atoms with Crippen LogP contribution in [0.2, 0.25) is 0 Å². The van der Waals surface area contributed by atoms with Gasteiger partial charge in [-0.25, -0.2) is 0 Å². The lowest BCUT2D eigenvalue weighted by atomic mass is 9.85. The monoisotopic (exact) mass is 226 g/mol. The second-order valence-electron chi connectivity index (χ2n) is 4.96. The first-order chi connectivity index (χ1) is 5.02. The first kappa shape index (κ1) is 13.5. The highest BCUT2D eigenvalue weighted by molar-refractivity contribution is 5.85. The van der Waals surface area contributed by atoms with Crippen molar-refractivity contribution in [2.75, 3.05) is 0 Å². The van der Waals surface area contributed by atoms with Gasteiger partial charge in [0, 0.05) is 17.1 Å². The third-order valence-electron chi connectivity index (χ3n) is 2.88. The summed E-state index contributed by atoms with van der Waals surface area (Å²) in [5.74, 6) is 0. The third kappa shape index (κ3) is 2.98. The highest BCUT2D eigenvalue weighted by Crippen LogP contribution is 2.45. The van der Waals surface area contributed by atoms with E-state index in [-0.39, 0.29) is 30.4 Å². The molecule has 1 spiro atoms. The molecule has 3 N–H and O–H groups in total. The van der Waals surface area contributed by atoms with Gasteiger partial charge in [-0.3, -0.25) is 0 Å². The van der Waals surface area contributed by atoms with E-state index in [1.54, 1.807) is 0 Å². The van der Waals surface area contributed by atoms with E-state index in [1.165, 1.54) is 19.3 Å². The van der Waals surface area contributed by atoms with Crippen LogP contribution in [0.4, 0.5) is 0 Å². The van der Waals surface area contributed by atoms with Crippen LogP contribution in [0.5, 0.6) is 0 Å². The Balaban J connectivity index is 0.000000720. The molecule has 1 heterocycles. The van der Waals surface area contributed by atoms with Crippen molar-refractivity contribution in [1.29, 1.82) is 0 Å². The van der Waals surface area contributed by atoms with Crippen LogP contribution < -0.4 is 11.1 Å². The fraction of sp³-hybridized carbons (Fsp3) is 1.00. The summed E-state index contributed by atoms with van der Waals surface area (Å²) in [6, 6.07) is 0.425. The van der Waals surface area contributed by atoms with Gasteiger partial charge in [-0.1, -0.05) is 0 Å². The maximum absolute atomic E-state index is 5.99. The molecule has 2 rings (SSSR count). The molecular weight excluding hydrogens is 207 g/mol. The smallest absolute Gasteiger partial charge is 0.0202 e. The zero-order chi connectivity index (χ0) is 8.11. The van der Waals surface area contributed by atoms with Gasteiger partial charge in [-0.15, -0.1) is 24.8 Å². The highest BCUT2D eigenvalue weighted by atomic mass is 35.5. The molecule has 2 nitrogen and oxygen atoms in total. The predicted octanol–water partition coefficient (Wildman–Crippen LogP) is 1.85. The van der Waals surface area contributed by atoms with E-state index >= 15 is 0 Å². The van der Waals surface area contributed by atoms with Crippen LogP contribution >= 0.6 is 24.8 Å². The maximum atomic E-state index is 5.99. The molecule has 1 atom stereocenters. The van der Waals surface area contributed by atoms with E-state index in [2.05, 4.69) is 19.2 Å². The first-order valence-corrected chi connectivity index (χ1v) is 4.56. The Bertz CT molecular complexity index is 172. The Kier molecular flexibility index (Phi) is 4.08. The molecule has 0 bridgehead atoms. The van der Waals surface area contributed by atoms with Gasteiger partial charge < -0.3 is 11.1 Å². The molecule has 0 aromatic heterocycles. The predicted molar refractivity (Wildman–Crippen MR) is 60.9 cm³/mol. The fourth-order valence-corrected chi connectivity index (χ4v) is 2.53. The normalized spacial score (nSPS) is 33.0. The van der Waals surface area contributed by atoms with Crippen molar-refractivity contribution in [1.82, 2.24) is 5.32 Å². The van der Waals surface area contributed by atoms with Gasteiger partial charge in [0.2, 0.25) is 0 Å². The van der Waals surface area contributed by atoms with Gasteiger partial charge >= 0.3 is 0 Å². The third-order valence-corrected chi connectivity index (χ3v) is 2.88. The van der Waals surface area contributed by atoms with Crippen molar-refractivity contribution >= 4 is 24.8 Å². The summed E-state index contributed by atoms with van der Waals surface area (Å²) < 4.78 is 0. The lowest BCUT2D eigenvalue weighted by Gasteiger charge is -2.41. The molecule has 80 valence electrons. The van der Waals surface area contributed by atoms with Gasteiger partial charge in [-0.2, -0.15) is 0 Å². The maximum Gasteiger partial charge on any atom is 0.0202 e. The largest absolute Gasteiger partial charge is 0.328 e. The molecule has 1 saturated carbocycles. The topological polar surface area (TPSA) is 38.0 Å². The number of piperidine rings is 1. The summed E-state index contributed by atoms with van der Waals surface area (Å²) in [7, 11) is 0. The van der Waals surface area contributed by atoms with Crippen molar-refractivity contribution in [2.45, 2.75) is 56.7 Å². The average molecular weight is 227 g/mol. The van der Waals surface area contributed by atoms with E-state index in [0.29, 0.717) is 11.6 Å². The van der Waals surface area contributed by atoms with Gasteiger partial charge in [0.05, 0.1) is 0 Å². The Morgan fingerprint density at radius 2 is 1.69 bits per heavy atom. The van der Waals surface area contributed by atoms with Crippen LogP contribution in [0.25, 0.3) is 0 Å². The minimum Gasteiger partial charge on any atom is -0.328 e. The van der Waals surface area contributed by atoms with Crippen molar-refractivity contribution < 1.29 is 0 Å². The Labute approximate surface area is 92.8 Å². The number of nitrogens with two attached hydrogens (primary N) is 1. The summed E-state index contributed by atoms with van der Waals surface area (Å²) in [6.45, 7) is 4.51. The van der Waals surface area contributed by atoms with Crippen LogP contribution in [0.15, 0.2) is 0 Å². The molecule has 2 aliphatic rings.